The highest BCUT2D eigenvalue weighted by Gasteiger charge is 2.23. The van der Waals surface area contributed by atoms with Gasteiger partial charge < -0.3 is 9.88 Å². The normalized spacial score (nSPS) is 15.7. The van der Waals surface area contributed by atoms with Crippen molar-refractivity contribution in [1.29, 1.82) is 0 Å². The van der Waals surface area contributed by atoms with E-state index in [-0.39, 0.29) is 11.7 Å². The molecule has 3 aromatic rings. The number of carbonyl (C=O) groups is 1. The third kappa shape index (κ3) is 3.93. The van der Waals surface area contributed by atoms with Crippen molar-refractivity contribution >= 4 is 22.9 Å². The number of nitrogens with zero attached hydrogens (tertiary/aromatic N) is 2. The lowest BCUT2D eigenvalue weighted by Crippen LogP contribution is -2.48. The molecular formula is C22H22FN3O. The van der Waals surface area contributed by atoms with Crippen LogP contribution in [0.25, 0.3) is 17.0 Å². The summed E-state index contributed by atoms with van der Waals surface area (Å²) < 4.78 is 13.3. The molecule has 0 atom stereocenters. The lowest BCUT2D eigenvalue weighted by molar-refractivity contribution is 0.0652. The quantitative estimate of drug-likeness (QED) is 0.766. The molecule has 2 aromatic carbocycles. The van der Waals surface area contributed by atoms with Crippen LogP contribution in [-0.4, -0.2) is 53.4 Å². The number of hydrogen-bond donors (Lipinski definition) is 1. The van der Waals surface area contributed by atoms with Crippen LogP contribution in [0.5, 0.6) is 0 Å². The number of fused-ring (bicyclic) bond motifs is 1. The van der Waals surface area contributed by atoms with E-state index in [9.17, 15) is 9.18 Å². The van der Waals surface area contributed by atoms with Gasteiger partial charge in [-0.25, -0.2) is 4.39 Å². The van der Waals surface area contributed by atoms with Crippen LogP contribution in [0.3, 0.4) is 0 Å². The standard InChI is InChI=1S/C22H22FN3O/c23-18-8-9-19-20(16-24-21(19)15-18)22(27)26-13-11-25(12-14-26)10-4-7-17-5-2-1-3-6-17/h1-9,15-16,24H,10-14H2/b7-4+. The third-order valence-electron chi connectivity index (χ3n) is 5.01. The van der Waals surface area contributed by atoms with Crippen LogP contribution in [0.2, 0.25) is 0 Å². The second-order valence-corrected chi connectivity index (χ2v) is 6.80. The van der Waals surface area contributed by atoms with E-state index >= 15 is 0 Å². The van der Waals surface area contributed by atoms with E-state index in [0.29, 0.717) is 24.2 Å². The molecule has 1 N–H and O–H groups in total. The predicted octanol–water partition coefficient (Wildman–Crippen LogP) is 3.78. The fourth-order valence-corrected chi connectivity index (χ4v) is 3.48. The Morgan fingerprint density at radius 3 is 2.63 bits per heavy atom. The Morgan fingerprint density at radius 2 is 1.85 bits per heavy atom. The van der Waals surface area contributed by atoms with Crippen LogP contribution < -0.4 is 0 Å². The predicted molar refractivity (Wildman–Crippen MR) is 106 cm³/mol. The Balaban J connectivity index is 1.34. The molecule has 1 aliphatic rings. The van der Waals surface area contributed by atoms with Crippen LogP contribution in [0.4, 0.5) is 4.39 Å². The highest BCUT2D eigenvalue weighted by atomic mass is 19.1. The molecule has 1 aromatic heterocycles. The van der Waals surface area contributed by atoms with Crippen molar-refractivity contribution in [2.75, 3.05) is 32.7 Å². The van der Waals surface area contributed by atoms with E-state index in [0.717, 1.165) is 25.0 Å². The molecule has 1 aliphatic heterocycles. The van der Waals surface area contributed by atoms with Crippen molar-refractivity contribution in [3.05, 3.63) is 77.7 Å². The molecule has 0 unspecified atom stereocenters. The van der Waals surface area contributed by atoms with E-state index in [4.69, 9.17) is 0 Å². The number of piperazine rings is 1. The van der Waals surface area contributed by atoms with E-state index in [1.807, 2.05) is 23.1 Å². The Bertz CT molecular complexity index is 956. The maximum Gasteiger partial charge on any atom is 0.256 e. The molecule has 1 amide bonds. The molecule has 0 spiro atoms. The highest BCUT2D eigenvalue weighted by molar-refractivity contribution is 6.06. The zero-order valence-electron chi connectivity index (χ0n) is 15.1. The largest absolute Gasteiger partial charge is 0.360 e. The summed E-state index contributed by atoms with van der Waals surface area (Å²) >= 11 is 0. The van der Waals surface area contributed by atoms with Crippen LogP contribution in [0.1, 0.15) is 15.9 Å². The van der Waals surface area contributed by atoms with Gasteiger partial charge in [-0.05, 0) is 23.8 Å². The summed E-state index contributed by atoms with van der Waals surface area (Å²) in [5.41, 5.74) is 2.47. The Hall–Kier alpha value is -2.92. The smallest absolute Gasteiger partial charge is 0.256 e. The first kappa shape index (κ1) is 17.5. The van der Waals surface area contributed by atoms with Gasteiger partial charge in [-0.1, -0.05) is 42.5 Å². The van der Waals surface area contributed by atoms with Gasteiger partial charge in [-0.2, -0.15) is 0 Å². The number of halogens is 1. The van der Waals surface area contributed by atoms with Crippen molar-refractivity contribution in [1.82, 2.24) is 14.8 Å². The molecule has 5 heteroatoms. The van der Waals surface area contributed by atoms with Crippen molar-refractivity contribution in [2.24, 2.45) is 0 Å². The molecule has 0 radical (unpaired) electrons. The van der Waals surface area contributed by atoms with Gasteiger partial charge in [0, 0.05) is 49.8 Å². The number of amides is 1. The van der Waals surface area contributed by atoms with Gasteiger partial charge in [0.2, 0.25) is 0 Å². The van der Waals surface area contributed by atoms with Crippen molar-refractivity contribution in [3.63, 3.8) is 0 Å². The first-order chi connectivity index (χ1) is 13.2. The lowest BCUT2D eigenvalue weighted by Gasteiger charge is -2.34. The number of benzene rings is 2. The topological polar surface area (TPSA) is 39.3 Å². The minimum atomic E-state index is -0.305. The highest BCUT2D eigenvalue weighted by Crippen LogP contribution is 2.21. The van der Waals surface area contributed by atoms with Crippen molar-refractivity contribution < 1.29 is 9.18 Å². The molecule has 0 bridgehead atoms. The van der Waals surface area contributed by atoms with Gasteiger partial charge >= 0.3 is 0 Å². The molecule has 1 saturated heterocycles. The van der Waals surface area contributed by atoms with Crippen LogP contribution in [0.15, 0.2) is 60.8 Å². The van der Waals surface area contributed by atoms with Crippen LogP contribution >= 0.6 is 0 Å². The monoisotopic (exact) mass is 363 g/mol. The minimum absolute atomic E-state index is 0.00679. The summed E-state index contributed by atoms with van der Waals surface area (Å²) in [5.74, 6) is -0.298. The molecule has 1 fully saturated rings. The fourth-order valence-electron chi connectivity index (χ4n) is 3.48. The number of aromatic amines is 1. The zero-order valence-corrected chi connectivity index (χ0v) is 15.1. The average Bonchev–Trinajstić information content (AvgIpc) is 3.12. The van der Waals surface area contributed by atoms with Gasteiger partial charge in [0.15, 0.2) is 0 Å². The molecule has 4 rings (SSSR count). The molecular weight excluding hydrogens is 341 g/mol. The second-order valence-electron chi connectivity index (χ2n) is 6.80. The average molecular weight is 363 g/mol. The summed E-state index contributed by atoms with van der Waals surface area (Å²) in [5, 5.41) is 0.773. The Morgan fingerprint density at radius 1 is 1.07 bits per heavy atom. The van der Waals surface area contributed by atoms with Crippen molar-refractivity contribution in [3.8, 4) is 0 Å². The fraction of sp³-hybridized carbons (Fsp3) is 0.227. The van der Waals surface area contributed by atoms with Crippen molar-refractivity contribution in [2.45, 2.75) is 0 Å². The molecule has 138 valence electrons. The second kappa shape index (κ2) is 7.76. The SMILES string of the molecule is O=C(c1c[nH]c2cc(F)ccc12)N1CCN(C/C=C/c2ccccc2)CC1. The zero-order chi connectivity index (χ0) is 18.6. The van der Waals surface area contributed by atoms with E-state index in [1.165, 1.54) is 17.7 Å². The summed E-state index contributed by atoms with van der Waals surface area (Å²) in [6, 6.07) is 14.7. The maximum atomic E-state index is 13.3. The number of H-pyrrole nitrogens is 1. The number of rotatable bonds is 4. The number of carbonyl (C=O) groups excluding carboxylic acids is 1. The molecule has 4 nitrogen and oxygen atoms in total. The summed E-state index contributed by atoms with van der Waals surface area (Å²) in [6.07, 6.45) is 5.98. The van der Waals surface area contributed by atoms with Gasteiger partial charge in [0.05, 0.1) is 5.56 Å². The summed E-state index contributed by atoms with van der Waals surface area (Å²) in [6.45, 7) is 3.98. The summed E-state index contributed by atoms with van der Waals surface area (Å²) in [4.78, 5) is 20.1. The van der Waals surface area contributed by atoms with E-state index < -0.39 is 0 Å². The third-order valence-corrected chi connectivity index (χ3v) is 5.01. The lowest BCUT2D eigenvalue weighted by atomic mass is 10.1. The molecule has 27 heavy (non-hydrogen) atoms. The van der Waals surface area contributed by atoms with Crippen LogP contribution in [-0.2, 0) is 0 Å². The minimum Gasteiger partial charge on any atom is -0.360 e. The Labute approximate surface area is 157 Å². The molecule has 0 aliphatic carbocycles. The van der Waals surface area contributed by atoms with Gasteiger partial charge in [-0.15, -0.1) is 0 Å². The van der Waals surface area contributed by atoms with Gasteiger partial charge in [0.1, 0.15) is 5.82 Å². The number of hydrogen-bond acceptors (Lipinski definition) is 2. The first-order valence-corrected chi connectivity index (χ1v) is 9.20. The van der Waals surface area contributed by atoms with Gasteiger partial charge in [-0.3, -0.25) is 9.69 Å². The van der Waals surface area contributed by atoms with Gasteiger partial charge in [0.25, 0.3) is 5.91 Å². The number of nitrogens with one attached hydrogen (secondary N) is 1. The summed E-state index contributed by atoms with van der Waals surface area (Å²) in [7, 11) is 0. The Kier molecular flexibility index (Phi) is 5.03. The van der Waals surface area contributed by atoms with E-state index in [1.54, 1.807) is 12.3 Å². The molecule has 0 saturated carbocycles. The van der Waals surface area contributed by atoms with E-state index in [2.05, 4.69) is 34.2 Å². The first-order valence-electron chi connectivity index (χ1n) is 9.20. The van der Waals surface area contributed by atoms with Crippen LogP contribution in [0, 0.1) is 5.82 Å². The number of aromatic nitrogens is 1. The maximum absolute atomic E-state index is 13.3. The molecule has 2 heterocycles.